The first-order valence-corrected chi connectivity index (χ1v) is 9.94. The fourth-order valence-electron chi connectivity index (χ4n) is 4.70. The minimum absolute atomic E-state index is 0.143. The van der Waals surface area contributed by atoms with E-state index in [0.29, 0.717) is 25.4 Å². The molecule has 1 saturated carbocycles. The maximum absolute atomic E-state index is 12.4. The van der Waals surface area contributed by atoms with Crippen molar-refractivity contribution in [1.82, 2.24) is 29.5 Å². The minimum Gasteiger partial charge on any atom is -0.446 e. The van der Waals surface area contributed by atoms with Gasteiger partial charge in [0.2, 0.25) is 0 Å². The number of aromatic amines is 1. The van der Waals surface area contributed by atoms with Gasteiger partial charge in [0.1, 0.15) is 11.9 Å². The highest BCUT2D eigenvalue weighted by molar-refractivity contribution is 5.74. The number of carbonyl (C=O) groups is 1. The number of aromatic nitrogens is 5. The van der Waals surface area contributed by atoms with Gasteiger partial charge in [0.05, 0.1) is 17.8 Å². The smallest absolute Gasteiger partial charge is 0.410 e. The van der Waals surface area contributed by atoms with Crippen LogP contribution in [-0.2, 0) is 4.74 Å². The molecule has 1 aliphatic carbocycles. The van der Waals surface area contributed by atoms with Gasteiger partial charge in [0.15, 0.2) is 11.3 Å². The summed E-state index contributed by atoms with van der Waals surface area (Å²) >= 11 is 0. The van der Waals surface area contributed by atoms with E-state index in [1.807, 2.05) is 12.3 Å². The average molecular weight is 384 g/mol. The zero-order valence-corrected chi connectivity index (χ0v) is 15.8. The van der Waals surface area contributed by atoms with Crippen LogP contribution >= 0.6 is 0 Å². The van der Waals surface area contributed by atoms with Crippen molar-refractivity contribution >= 4 is 22.9 Å². The van der Waals surface area contributed by atoms with Crippen molar-refractivity contribution in [3.63, 3.8) is 0 Å². The Labute approximate surface area is 161 Å². The fourth-order valence-corrected chi connectivity index (χ4v) is 4.70. The van der Waals surface area contributed by atoms with Gasteiger partial charge in [-0.05, 0) is 31.2 Å². The van der Waals surface area contributed by atoms with E-state index in [1.165, 1.54) is 0 Å². The fraction of sp³-hybridized carbons (Fsp3) is 0.579. The molecule has 9 nitrogen and oxygen atoms in total. The molecule has 3 aromatic heterocycles. The number of hydrogen-bond donors (Lipinski definition) is 2. The maximum Gasteiger partial charge on any atom is 0.410 e. The minimum atomic E-state index is -0.438. The third-order valence-electron chi connectivity index (χ3n) is 6.16. The van der Waals surface area contributed by atoms with Crippen LogP contribution in [0.2, 0.25) is 0 Å². The van der Waals surface area contributed by atoms with Crippen molar-refractivity contribution in [2.75, 3.05) is 13.1 Å². The summed E-state index contributed by atoms with van der Waals surface area (Å²) in [4.78, 5) is 21.5. The summed E-state index contributed by atoms with van der Waals surface area (Å²) in [5.41, 5.74) is 2.48. The molecule has 0 bridgehead atoms. The number of ether oxygens (including phenoxy) is 1. The van der Waals surface area contributed by atoms with Crippen molar-refractivity contribution in [3.8, 4) is 0 Å². The second-order valence-electron chi connectivity index (χ2n) is 7.86. The molecule has 0 aromatic carbocycles. The van der Waals surface area contributed by atoms with Crippen LogP contribution in [0.3, 0.4) is 0 Å². The highest BCUT2D eigenvalue weighted by Crippen LogP contribution is 2.42. The number of β-amino-alcohol motifs (C(OH)–C–C–N with tert-alkyl or cyclic N) is 1. The highest BCUT2D eigenvalue weighted by atomic mass is 16.6. The number of hydrogen-bond acceptors (Lipinski definition) is 6. The molecule has 1 saturated heterocycles. The molecule has 2 fully saturated rings. The Hall–Kier alpha value is -2.68. The van der Waals surface area contributed by atoms with E-state index in [9.17, 15) is 9.90 Å². The van der Waals surface area contributed by atoms with Crippen molar-refractivity contribution in [2.45, 2.75) is 50.7 Å². The normalized spacial score (nSPS) is 27.9. The number of fused-ring (bicyclic) bond motifs is 3. The van der Waals surface area contributed by atoms with Crippen LogP contribution < -0.4 is 0 Å². The molecular formula is C19H24N6O3. The molecule has 148 valence electrons. The van der Waals surface area contributed by atoms with Gasteiger partial charge in [-0.15, -0.1) is 10.2 Å². The van der Waals surface area contributed by atoms with E-state index in [4.69, 9.17) is 4.74 Å². The Morgan fingerprint density at radius 1 is 1.39 bits per heavy atom. The second kappa shape index (κ2) is 6.73. The number of aliphatic hydroxyl groups excluding tert-OH is 1. The van der Waals surface area contributed by atoms with E-state index in [-0.39, 0.29) is 18.1 Å². The quantitative estimate of drug-likeness (QED) is 0.716. The van der Waals surface area contributed by atoms with Crippen LogP contribution in [0.4, 0.5) is 4.79 Å². The number of H-pyrrole nitrogens is 1. The lowest BCUT2D eigenvalue weighted by Crippen LogP contribution is -2.32. The molecule has 0 radical (unpaired) electrons. The van der Waals surface area contributed by atoms with Gasteiger partial charge in [0, 0.05) is 25.2 Å². The number of rotatable bonds is 3. The lowest BCUT2D eigenvalue weighted by molar-refractivity contribution is 0.0651. The molecule has 2 N–H and O–H groups in total. The van der Waals surface area contributed by atoms with Crippen molar-refractivity contribution in [1.29, 1.82) is 0 Å². The molecule has 4 atom stereocenters. The molecule has 9 heteroatoms. The second-order valence-corrected chi connectivity index (χ2v) is 7.86. The molecule has 28 heavy (non-hydrogen) atoms. The zero-order valence-electron chi connectivity index (χ0n) is 15.8. The molecule has 3 aromatic rings. The molecule has 5 rings (SSSR count). The van der Waals surface area contributed by atoms with Gasteiger partial charge in [-0.1, -0.05) is 13.3 Å². The number of nitrogens with zero attached hydrogens (tertiary/aromatic N) is 5. The third kappa shape index (κ3) is 2.81. The van der Waals surface area contributed by atoms with E-state index in [2.05, 4.69) is 31.5 Å². The van der Waals surface area contributed by atoms with Gasteiger partial charge >= 0.3 is 6.09 Å². The Kier molecular flexibility index (Phi) is 4.19. The van der Waals surface area contributed by atoms with Crippen LogP contribution in [0.5, 0.6) is 0 Å². The van der Waals surface area contributed by atoms with Gasteiger partial charge in [-0.3, -0.25) is 4.40 Å². The Morgan fingerprint density at radius 3 is 3.07 bits per heavy atom. The van der Waals surface area contributed by atoms with Crippen LogP contribution in [-0.4, -0.2) is 66.0 Å². The molecule has 4 unspecified atom stereocenters. The summed E-state index contributed by atoms with van der Waals surface area (Å²) < 4.78 is 7.85. The predicted octanol–water partition coefficient (Wildman–Crippen LogP) is 2.08. The Morgan fingerprint density at radius 2 is 2.29 bits per heavy atom. The zero-order chi connectivity index (χ0) is 19.3. The van der Waals surface area contributed by atoms with Crippen LogP contribution in [0.1, 0.15) is 44.3 Å². The van der Waals surface area contributed by atoms with Gasteiger partial charge in [-0.25, -0.2) is 9.78 Å². The summed E-state index contributed by atoms with van der Waals surface area (Å²) in [5.74, 6) is 1.45. The van der Waals surface area contributed by atoms with Gasteiger partial charge in [0.25, 0.3) is 0 Å². The maximum atomic E-state index is 12.4. The van der Waals surface area contributed by atoms with Crippen LogP contribution in [0.15, 0.2) is 18.5 Å². The molecule has 1 amide bonds. The monoisotopic (exact) mass is 384 g/mol. The lowest BCUT2D eigenvalue weighted by Gasteiger charge is -2.19. The summed E-state index contributed by atoms with van der Waals surface area (Å²) in [6, 6.07) is 1.98. The lowest BCUT2D eigenvalue weighted by atomic mass is 9.93. The molecule has 2 aliphatic rings. The standard InChI is InChI=1S/C19H24N6O3/c1-2-11-7-13(28-19(27)24-6-4-12(26)10-24)8-14(11)18-23-22-16-9-21-17-15(25(16)18)3-5-20-17/h3,5,9,11-14,20,26H,2,4,6-8,10H2,1H3. The molecular weight excluding hydrogens is 360 g/mol. The SMILES string of the molecule is CCC1CC(OC(=O)N2CCC(O)C2)CC1c1nnc2cnc3[nH]ccc3n12. The topological polar surface area (TPSA) is 109 Å². The number of aliphatic hydroxyl groups is 1. The number of amides is 1. The van der Waals surface area contributed by atoms with Crippen molar-refractivity contribution in [3.05, 3.63) is 24.3 Å². The summed E-state index contributed by atoms with van der Waals surface area (Å²) in [7, 11) is 0. The Balaban J connectivity index is 1.40. The average Bonchev–Trinajstić information content (AvgIpc) is 3.45. The molecule has 0 spiro atoms. The van der Waals surface area contributed by atoms with Gasteiger partial charge in [-0.2, -0.15) is 0 Å². The largest absolute Gasteiger partial charge is 0.446 e. The first-order chi connectivity index (χ1) is 13.6. The van der Waals surface area contributed by atoms with E-state index >= 15 is 0 Å². The van der Waals surface area contributed by atoms with E-state index in [0.717, 1.165) is 41.9 Å². The molecule has 4 heterocycles. The van der Waals surface area contributed by atoms with Gasteiger partial charge < -0.3 is 19.7 Å². The Bertz CT molecular complexity index is 1010. The number of carbonyl (C=O) groups excluding carboxylic acids is 1. The van der Waals surface area contributed by atoms with Crippen molar-refractivity contribution in [2.24, 2.45) is 5.92 Å². The van der Waals surface area contributed by atoms with Crippen molar-refractivity contribution < 1.29 is 14.6 Å². The summed E-state index contributed by atoms with van der Waals surface area (Å²) in [6.45, 7) is 3.08. The number of likely N-dealkylation sites (tertiary alicyclic amines) is 1. The summed E-state index contributed by atoms with van der Waals surface area (Å²) in [6.07, 6.45) is 5.84. The third-order valence-corrected chi connectivity index (χ3v) is 6.16. The first-order valence-electron chi connectivity index (χ1n) is 9.94. The number of nitrogens with one attached hydrogen (secondary N) is 1. The summed E-state index contributed by atoms with van der Waals surface area (Å²) in [5, 5.41) is 18.4. The van der Waals surface area contributed by atoms with Crippen LogP contribution in [0.25, 0.3) is 16.8 Å². The van der Waals surface area contributed by atoms with Crippen LogP contribution in [0, 0.1) is 5.92 Å². The van der Waals surface area contributed by atoms with E-state index in [1.54, 1.807) is 11.1 Å². The highest BCUT2D eigenvalue weighted by Gasteiger charge is 2.40. The molecule has 1 aliphatic heterocycles. The van der Waals surface area contributed by atoms with E-state index < -0.39 is 6.10 Å². The predicted molar refractivity (Wildman–Crippen MR) is 101 cm³/mol. The first kappa shape index (κ1) is 17.4.